The van der Waals surface area contributed by atoms with E-state index in [1.165, 1.54) is 40.0 Å². The highest BCUT2D eigenvalue weighted by atomic mass is 32.2. The number of hydrogen-bond acceptors (Lipinski definition) is 4. The Morgan fingerprint density at radius 1 is 0.967 bits per heavy atom. The first kappa shape index (κ1) is 20.5. The van der Waals surface area contributed by atoms with E-state index in [0.717, 1.165) is 18.2 Å². The predicted octanol–water partition coefficient (Wildman–Crippen LogP) is 5.43. The minimum absolute atomic E-state index is 0.000287. The van der Waals surface area contributed by atoms with Gasteiger partial charge in [-0.25, -0.2) is 15.0 Å². The monoisotopic (exact) mass is 445 g/mol. The van der Waals surface area contributed by atoms with Crippen LogP contribution in [0.25, 0.3) is 28.3 Å². The fourth-order valence-corrected chi connectivity index (χ4v) is 3.89. The fourth-order valence-electron chi connectivity index (χ4n) is 3.05. The van der Waals surface area contributed by atoms with Gasteiger partial charge in [-0.2, -0.15) is 26.3 Å². The largest absolute Gasteiger partial charge is 0.433 e. The average molecular weight is 445 g/mol. The van der Waals surface area contributed by atoms with Gasteiger partial charge >= 0.3 is 12.4 Å². The second-order valence-electron chi connectivity index (χ2n) is 6.37. The Hall–Kier alpha value is -2.76. The Bertz CT molecular complexity index is 1250. The summed E-state index contributed by atoms with van der Waals surface area (Å²) in [5, 5.41) is 0.538. The summed E-state index contributed by atoms with van der Waals surface area (Å²) >= 11 is 1.34. The molecule has 5 nitrogen and oxygen atoms in total. The van der Waals surface area contributed by atoms with E-state index >= 15 is 0 Å². The summed E-state index contributed by atoms with van der Waals surface area (Å²) < 4.78 is 81.1. The van der Waals surface area contributed by atoms with Gasteiger partial charge in [0.1, 0.15) is 27.6 Å². The number of alkyl halides is 6. The lowest BCUT2D eigenvalue weighted by Gasteiger charge is -2.07. The third-order valence-corrected chi connectivity index (χ3v) is 5.36. The minimum Gasteiger partial charge on any atom is -0.310 e. The molecule has 0 unspecified atom stereocenters. The summed E-state index contributed by atoms with van der Waals surface area (Å²) in [6, 6.07) is 3.91. The Morgan fingerprint density at radius 3 is 2.33 bits per heavy atom. The van der Waals surface area contributed by atoms with Gasteiger partial charge in [0.2, 0.25) is 0 Å². The molecule has 4 aromatic rings. The van der Waals surface area contributed by atoms with Crippen LogP contribution in [0.4, 0.5) is 26.3 Å². The van der Waals surface area contributed by atoms with Crippen LogP contribution in [0.5, 0.6) is 0 Å². The van der Waals surface area contributed by atoms with Gasteiger partial charge < -0.3 is 4.57 Å². The van der Waals surface area contributed by atoms with Crippen LogP contribution >= 0.6 is 11.8 Å². The van der Waals surface area contributed by atoms with Crippen LogP contribution in [-0.4, -0.2) is 29.7 Å². The molecule has 0 N–H and O–H groups in total. The number of imidazole rings is 2. The number of rotatable bonds is 3. The standard InChI is InChI=1S/C18H13F6N5S/c1-3-30-16-13(27-12-8-9(17(19,20)21)6-7-29(12)16)15-25-10-4-5-11(18(22,23)24)26-14(10)28(15)2/h4-8H,3H2,1-2H3. The lowest BCUT2D eigenvalue weighted by molar-refractivity contribution is -0.141. The smallest absolute Gasteiger partial charge is 0.310 e. The maximum absolute atomic E-state index is 13.1. The molecule has 0 aromatic carbocycles. The molecule has 0 atom stereocenters. The van der Waals surface area contributed by atoms with E-state index in [2.05, 4.69) is 15.0 Å². The third kappa shape index (κ3) is 3.38. The van der Waals surface area contributed by atoms with Crippen LogP contribution in [0, 0.1) is 0 Å². The number of fused-ring (bicyclic) bond motifs is 2. The molecule has 0 radical (unpaired) electrons. The molecule has 30 heavy (non-hydrogen) atoms. The molecule has 0 aliphatic rings. The lowest BCUT2D eigenvalue weighted by atomic mass is 10.2. The zero-order chi connectivity index (χ0) is 21.8. The Labute approximate surface area is 169 Å². The molecule has 12 heteroatoms. The molecule has 0 amide bonds. The van der Waals surface area contributed by atoms with Crippen molar-refractivity contribution >= 4 is 28.6 Å². The Morgan fingerprint density at radius 2 is 1.70 bits per heavy atom. The normalized spacial score (nSPS) is 12.9. The summed E-state index contributed by atoms with van der Waals surface area (Å²) in [4.78, 5) is 12.3. The van der Waals surface area contributed by atoms with Crippen molar-refractivity contribution in [1.29, 1.82) is 0 Å². The quantitative estimate of drug-likeness (QED) is 0.312. The Balaban J connectivity index is 1.94. The molecule has 0 saturated heterocycles. The maximum Gasteiger partial charge on any atom is 0.433 e. The molecule has 0 bridgehead atoms. The number of aryl methyl sites for hydroxylation is 1. The summed E-state index contributed by atoms with van der Waals surface area (Å²) in [5.41, 5.74) is -1.35. The van der Waals surface area contributed by atoms with Gasteiger partial charge in [0.05, 0.1) is 5.56 Å². The molecule has 158 valence electrons. The highest BCUT2D eigenvalue weighted by Gasteiger charge is 2.34. The highest BCUT2D eigenvalue weighted by molar-refractivity contribution is 7.99. The predicted molar refractivity (Wildman–Crippen MR) is 99.1 cm³/mol. The number of halogens is 6. The van der Waals surface area contributed by atoms with Crippen LogP contribution in [0.15, 0.2) is 35.5 Å². The van der Waals surface area contributed by atoms with E-state index < -0.39 is 23.6 Å². The van der Waals surface area contributed by atoms with E-state index in [1.807, 2.05) is 6.92 Å². The van der Waals surface area contributed by atoms with Crippen molar-refractivity contribution in [3.8, 4) is 11.5 Å². The van der Waals surface area contributed by atoms with Crippen LogP contribution in [-0.2, 0) is 19.4 Å². The maximum atomic E-state index is 13.1. The summed E-state index contributed by atoms with van der Waals surface area (Å²) in [5.74, 6) is 0.812. The lowest BCUT2D eigenvalue weighted by Crippen LogP contribution is -2.08. The number of aromatic nitrogens is 5. The number of hydrogen-bond donors (Lipinski definition) is 0. The van der Waals surface area contributed by atoms with E-state index in [1.54, 1.807) is 0 Å². The summed E-state index contributed by atoms with van der Waals surface area (Å²) in [6.07, 6.45) is -7.87. The molecular formula is C18H13F6N5S. The van der Waals surface area contributed by atoms with Crippen molar-refractivity contribution in [2.24, 2.45) is 7.05 Å². The van der Waals surface area contributed by atoms with Crippen LogP contribution < -0.4 is 0 Å². The SMILES string of the molecule is CCSc1c(-c2nc3ccc(C(F)(F)F)nc3n2C)nc2cc(C(F)(F)F)ccn12. The van der Waals surface area contributed by atoms with Gasteiger partial charge in [-0.3, -0.25) is 4.40 Å². The summed E-state index contributed by atoms with van der Waals surface area (Å²) in [7, 11) is 1.49. The molecular weight excluding hydrogens is 432 g/mol. The number of nitrogens with zero attached hydrogens (tertiary/aromatic N) is 5. The van der Waals surface area contributed by atoms with Crippen molar-refractivity contribution < 1.29 is 26.3 Å². The van der Waals surface area contributed by atoms with Gasteiger partial charge in [-0.05, 0) is 30.0 Å². The van der Waals surface area contributed by atoms with Crippen LogP contribution in [0.1, 0.15) is 18.2 Å². The molecule has 4 heterocycles. The summed E-state index contributed by atoms with van der Waals surface area (Å²) in [6.45, 7) is 1.87. The first-order valence-electron chi connectivity index (χ1n) is 8.64. The third-order valence-electron chi connectivity index (χ3n) is 4.41. The first-order chi connectivity index (χ1) is 14.0. The van der Waals surface area contributed by atoms with E-state index in [9.17, 15) is 26.3 Å². The molecule has 0 saturated carbocycles. The molecule has 4 rings (SSSR count). The molecule has 4 aromatic heterocycles. The van der Waals surface area contributed by atoms with Gasteiger partial charge in [-0.15, -0.1) is 11.8 Å². The molecule has 0 spiro atoms. The Kier molecular flexibility index (Phi) is 4.71. The van der Waals surface area contributed by atoms with Crippen molar-refractivity contribution in [3.63, 3.8) is 0 Å². The zero-order valence-electron chi connectivity index (χ0n) is 15.5. The highest BCUT2D eigenvalue weighted by Crippen LogP contribution is 2.36. The van der Waals surface area contributed by atoms with Crippen LogP contribution in [0.2, 0.25) is 0 Å². The topological polar surface area (TPSA) is 48.0 Å². The second kappa shape index (κ2) is 6.89. The van der Waals surface area contributed by atoms with Crippen molar-refractivity contribution in [1.82, 2.24) is 23.9 Å². The van der Waals surface area contributed by atoms with Crippen LogP contribution in [0.3, 0.4) is 0 Å². The second-order valence-corrected chi connectivity index (χ2v) is 7.62. The van der Waals surface area contributed by atoms with Crippen molar-refractivity contribution in [2.75, 3.05) is 5.75 Å². The van der Waals surface area contributed by atoms with Gasteiger partial charge in [0, 0.05) is 13.2 Å². The molecule has 0 aliphatic carbocycles. The van der Waals surface area contributed by atoms with Crippen molar-refractivity contribution in [2.45, 2.75) is 24.3 Å². The zero-order valence-corrected chi connectivity index (χ0v) is 16.3. The first-order valence-corrected chi connectivity index (χ1v) is 9.62. The van der Waals surface area contributed by atoms with E-state index in [4.69, 9.17) is 0 Å². The number of pyridine rings is 2. The molecule has 0 fully saturated rings. The van der Waals surface area contributed by atoms with Crippen molar-refractivity contribution in [3.05, 3.63) is 41.7 Å². The van der Waals surface area contributed by atoms with Gasteiger partial charge in [0.25, 0.3) is 0 Å². The average Bonchev–Trinajstić information content (AvgIpc) is 3.18. The van der Waals surface area contributed by atoms with Gasteiger partial charge in [0.15, 0.2) is 11.5 Å². The minimum atomic E-state index is -4.61. The fraction of sp³-hybridized carbons (Fsp3) is 0.278. The number of thioether (sulfide) groups is 1. The van der Waals surface area contributed by atoms with Gasteiger partial charge in [-0.1, -0.05) is 6.92 Å². The molecule has 0 aliphatic heterocycles. The van der Waals surface area contributed by atoms with E-state index in [-0.39, 0.29) is 28.3 Å². The van der Waals surface area contributed by atoms with E-state index in [0.29, 0.717) is 10.8 Å².